The van der Waals surface area contributed by atoms with E-state index in [0.717, 1.165) is 0 Å². The predicted octanol–water partition coefficient (Wildman–Crippen LogP) is 4.43. The van der Waals surface area contributed by atoms with Crippen molar-refractivity contribution in [3.05, 3.63) is 71.8 Å². The van der Waals surface area contributed by atoms with Gasteiger partial charge in [-0.1, -0.05) is 50.2 Å². The molecule has 0 saturated heterocycles. The Morgan fingerprint density at radius 3 is 1.54 bits per heavy atom. The fourth-order valence-electron chi connectivity index (χ4n) is 2.50. The normalized spacial score (nSPS) is 11.2. The van der Waals surface area contributed by atoms with Crippen molar-refractivity contribution in [2.45, 2.75) is 26.4 Å². The van der Waals surface area contributed by atoms with E-state index in [2.05, 4.69) is 0 Å². The first-order valence-electron chi connectivity index (χ1n) is 7.96. The Kier molecular flexibility index (Phi) is 5.92. The Labute approximate surface area is 143 Å². The summed E-state index contributed by atoms with van der Waals surface area (Å²) < 4.78 is 11.4. The molecule has 0 unspecified atom stereocenters. The number of hydrogen-bond acceptors (Lipinski definition) is 4. The number of hydrogen-bond donors (Lipinski definition) is 0. The summed E-state index contributed by atoms with van der Waals surface area (Å²) in [6.07, 6.45) is 0. The zero-order chi connectivity index (χ0) is 17.6. The molecule has 0 aliphatic carbocycles. The fraction of sp³-hybridized carbons (Fsp3) is 0.263. The first kappa shape index (κ1) is 17.9. The van der Waals surface area contributed by atoms with E-state index in [1.165, 1.54) is 0 Å². The van der Waals surface area contributed by atoms with Crippen molar-refractivity contribution in [1.29, 1.82) is 0 Å². The first-order valence-corrected chi connectivity index (χ1v) is 10.5. The van der Waals surface area contributed by atoms with Crippen molar-refractivity contribution in [1.82, 2.24) is 0 Å². The van der Waals surface area contributed by atoms with Crippen molar-refractivity contribution >= 4 is 20.5 Å². The lowest BCUT2D eigenvalue weighted by Crippen LogP contribution is -2.43. The summed E-state index contributed by atoms with van der Waals surface area (Å²) in [5, 5.41) is 0. The summed E-state index contributed by atoms with van der Waals surface area (Å²) in [6, 6.07) is 18.0. The van der Waals surface area contributed by atoms with Gasteiger partial charge in [0.15, 0.2) is 0 Å². The molecule has 24 heavy (non-hydrogen) atoms. The van der Waals surface area contributed by atoms with Gasteiger partial charge in [0.1, 0.15) is 0 Å². The van der Waals surface area contributed by atoms with Crippen molar-refractivity contribution in [3.63, 3.8) is 0 Å². The van der Waals surface area contributed by atoms with E-state index < -0.39 is 20.5 Å². The van der Waals surface area contributed by atoms with Gasteiger partial charge in [0.05, 0.1) is 11.1 Å². The van der Waals surface area contributed by atoms with Gasteiger partial charge in [-0.3, -0.25) is 0 Å². The topological polar surface area (TPSA) is 52.6 Å². The average Bonchev–Trinajstić information content (AvgIpc) is 2.55. The number of rotatable bonds is 6. The third-order valence-corrected chi connectivity index (χ3v) is 6.21. The molecule has 0 aliphatic heterocycles. The standard InChI is InChI=1S/C19H22O4Si/c1-15(2)14-24(3,22-18(20)16-10-6-4-7-11-16)23-19(21)17-12-8-5-9-13-17/h4-13,15H,14H2,1-3H3. The zero-order valence-corrected chi connectivity index (χ0v) is 15.2. The Morgan fingerprint density at radius 1 is 0.833 bits per heavy atom. The van der Waals surface area contributed by atoms with E-state index in [1.807, 2.05) is 26.0 Å². The minimum Gasteiger partial charge on any atom is -0.481 e. The van der Waals surface area contributed by atoms with Crippen molar-refractivity contribution in [2.75, 3.05) is 0 Å². The molecule has 5 heteroatoms. The molecule has 126 valence electrons. The van der Waals surface area contributed by atoms with Crippen LogP contribution >= 0.6 is 0 Å². The van der Waals surface area contributed by atoms with Crippen LogP contribution in [0, 0.1) is 5.92 Å². The second-order valence-electron chi connectivity index (χ2n) is 6.24. The second kappa shape index (κ2) is 7.92. The molecule has 0 amide bonds. The van der Waals surface area contributed by atoms with Crippen LogP contribution in [0.5, 0.6) is 0 Å². The minimum absolute atomic E-state index is 0.244. The third-order valence-electron chi connectivity index (χ3n) is 3.42. The van der Waals surface area contributed by atoms with Crippen molar-refractivity contribution in [3.8, 4) is 0 Å². The summed E-state index contributed by atoms with van der Waals surface area (Å²) in [4.78, 5) is 24.8. The maximum Gasteiger partial charge on any atom is 0.461 e. The predicted molar refractivity (Wildman–Crippen MR) is 95.0 cm³/mol. The molecule has 2 aromatic rings. The van der Waals surface area contributed by atoms with Gasteiger partial charge < -0.3 is 8.85 Å². The van der Waals surface area contributed by atoms with Gasteiger partial charge in [0.2, 0.25) is 0 Å². The van der Waals surface area contributed by atoms with Gasteiger partial charge in [-0.05, 0) is 30.2 Å². The SMILES string of the molecule is CC(C)C[Si](C)(OC(=O)c1ccccc1)OC(=O)c1ccccc1. The molecule has 0 heterocycles. The molecular formula is C19H22O4Si. The van der Waals surface area contributed by atoms with Gasteiger partial charge in [-0.25, -0.2) is 9.59 Å². The highest BCUT2D eigenvalue weighted by atomic mass is 28.4. The van der Waals surface area contributed by atoms with Crippen LogP contribution in [0.15, 0.2) is 60.7 Å². The maximum atomic E-state index is 12.4. The van der Waals surface area contributed by atoms with Gasteiger partial charge in [0.25, 0.3) is 0 Å². The molecule has 0 atom stereocenters. The maximum absolute atomic E-state index is 12.4. The van der Waals surface area contributed by atoms with Crippen LogP contribution in [0.25, 0.3) is 0 Å². The van der Waals surface area contributed by atoms with Crippen LogP contribution in [-0.4, -0.2) is 20.5 Å². The molecule has 2 rings (SSSR count). The Morgan fingerprint density at radius 2 is 1.21 bits per heavy atom. The highest BCUT2D eigenvalue weighted by molar-refractivity contribution is 6.69. The van der Waals surface area contributed by atoms with Crippen molar-refractivity contribution in [2.24, 2.45) is 5.92 Å². The lowest BCUT2D eigenvalue weighted by molar-refractivity contribution is 0.0566. The molecule has 0 radical (unpaired) electrons. The zero-order valence-electron chi connectivity index (χ0n) is 14.2. The smallest absolute Gasteiger partial charge is 0.461 e. The molecule has 0 spiro atoms. The number of carbonyl (C=O) groups is 2. The van der Waals surface area contributed by atoms with E-state index in [9.17, 15) is 9.59 Å². The molecule has 2 aromatic carbocycles. The molecular weight excluding hydrogens is 320 g/mol. The highest BCUT2D eigenvalue weighted by Gasteiger charge is 2.40. The van der Waals surface area contributed by atoms with Gasteiger partial charge in [-0.15, -0.1) is 0 Å². The monoisotopic (exact) mass is 342 g/mol. The second-order valence-corrected chi connectivity index (χ2v) is 9.33. The summed E-state index contributed by atoms with van der Waals surface area (Å²) in [7, 11) is -3.00. The van der Waals surface area contributed by atoms with E-state index in [1.54, 1.807) is 55.1 Å². The summed E-state index contributed by atoms with van der Waals surface area (Å²) >= 11 is 0. The van der Waals surface area contributed by atoms with Gasteiger partial charge in [-0.2, -0.15) is 0 Å². The molecule has 0 N–H and O–H groups in total. The molecule has 0 fully saturated rings. The fourth-order valence-corrected chi connectivity index (χ4v) is 5.22. The number of benzene rings is 2. The molecule has 0 aromatic heterocycles. The van der Waals surface area contributed by atoms with Crippen LogP contribution in [-0.2, 0) is 8.85 Å². The van der Waals surface area contributed by atoms with E-state index >= 15 is 0 Å². The van der Waals surface area contributed by atoms with Crippen molar-refractivity contribution < 1.29 is 18.4 Å². The number of carbonyl (C=O) groups excluding carboxylic acids is 2. The third kappa shape index (κ3) is 5.06. The van der Waals surface area contributed by atoms with E-state index in [4.69, 9.17) is 8.85 Å². The van der Waals surface area contributed by atoms with Crippen LogP contribution in [0.1, 0.15) is 34.6 Å². The summed E-state index contributed by atoms with van der Waals surface area (Å²) in [5.41, 5.74) is 0.909. The lowest BCUT2D eigenvalue weighted by Gasteiger charge is -2.27. The first-order chi connectivity index (χ1) is 11.4. The lowest BCUT2D eigenvalue weighted by atomic mass is 10.2. The summed E-state index contributed by atoms with van der Waals surface area (Å²) in [6.45, 7) is 5.78. The van der Waals surface area contributed by atoms with Gasteiger partial charge in [0, 0.05) is 12.6 Å². The molecule has 0 aliphatic rings. The quantitative estimate of drug-likeness (QED) is 0.729. The Hall–Kier alpha value is -2.40. The Balaban J connectivity index is 2.16. The molecule has 4 nitrogen and oxygen atoms in total. The van der Waals surface area contributed by atoms with Crippen LogP contribution < -0.4 is 0 Å². The van der Waals surface area contributed by atoms with Gasteiger partial charge >= 0.3 is 20.5 Å². The van der Waals surface area contributed by atoms with Crippen LogP contribution in [0.4, 0.5) is 0 Å². The van der Waals surface area contributed by atoms with E-state index in [-0.39, 0.29) is 5.92 Å². The summed E-state index contributed by atoms with van der Waals surface area (Å²) in [5.74, 6) is -0.661. The largest absolute Gasteiger partial charge is 0.481 e. The highest BCUT2D eigenvalue weighted by Crippen LogP contribution is 2.23. The average molecular weight is 342 g/mol. The minimum atomic E-state index is -3.00. The van der Waals surface area contributed by atoms with Crippen LogP contribution in [0.3, 0.4) is 0 Å². The Bertz CT molecular complexity index is 630. The van der Waals surface area contributed by atoms with Crippen LogP contribution in [0.2, 0.25) is 12.6 Å². The molecule has 0 saturated carbocycles. The van der Waals surface area contributed by atoms with E-state index in [0.29, 0.717) is 17.2 Å². The molecule has 0 bridgehead atoms.